The van der Waals surface area contributed by atoms with Crippen molar-refractivity contribution >= 4 is 17.2 Å². The molecule has 0 unspecified atom stereocenters. The molecule has 5 heteroatoms. The van der Waals surface area contributed by atoms with Crippen molar-refractivity contribution in [3.05, 3.63) is 54.0 Å². The van der Waals surface area contributed by atoms with Crippen LogP contribution in [-0.4, -0.2) is 9.97 Å². The summed E-state index contributed by atoms with van der Waals surface area (Å²) in [5, 5.41) is 0. The number of hydrogen-bond donors (Lipinski definition) is 1. The molecule has 0 aliphatic rings. The molecule has 1 heterocycles. The van der Waals surface area contributed by atoms with Crippen molar-refractivity contribution in [1.82, 2.24) is 4.98 Å². The smallest absolute Gasteiger partial charge is 0.219 e. The second kappa shape index (κ2) is 4.88. The second-order valence-corrected chi connectivity index (χ2v) is 3.75. The lowest BCUT2D eigenvalue weighted by molar-refractivity contribution is 0.461. The van der Waals surface area contributed by atoms with E-state index >= 15 is 0 Å². The molecule has 0 amide bonds. The van der Waals surface area contributed by atoms with Crippen LogP contribution in [0.3, 0.4) is 0 Å². The van der Waals surface area contributed by atoms with E-state index in [-0.39, 0.29) is 10.8 Å². The van der Waals surface area contributed by atoms with E-state index in [0.717, 1.165) is 0 Å². The standard InChI is InChI=1S/C12H9FN2OS/c13-9-2-4-10(5-3-9)16-11-6-1-8(7-15-11)12(14)17/h1-7H,(H2,14,17). The van der Waals surface area contributed by atoms with Crippen molar-refractivity contribution in [2.75, 3.05) is 0 Å². The third-order valence-electron chi connectivity index (χ3n) is 2.06. The summed E-state index contributed by atoms with van der Waals surface area (Å²) in [5.41, 5.74) is 6.11. The molecule has 0 aliphatic heterocycles. The van der Waals surface area contributed by atoms with Gasteiger partial charge in [-0.05, 0) is 30.3 Å². The Morgan fingerprint density at radius 1 is 1.18 bits per heavy atom. The molecule has 3 nitrogen and oxygen atoms in total. The van der Waals surface area contributed by atoms with Crippen LogP contribution in [0.4, 0.5) is 4.39 Å². The van der Waals surface area contributed by atoms with Crippen LogP contribution in [0.15, 0.2) is 42.6 Å². The fourth-order valence-electron chi connectivity index (χ4n) is 1.21. The molecule has 0 bridgehead atoms. The quantitative estimate of drug-likeness (QED) is 0.848. The van der Waals surface area contributed by atoms with Crippen LogP contribution < -0.4 is 10.5 Å². The van der Waals surface area contributed by atoms with Gasteiger partial charge in [0.2, 0.25) is 5.88 Å². The van der Waals surface area contributed by atoms with Gasteiger partial charge < -0.3 is 10.5 Å². The zero-order valence-electron chi connectivity index (χ0n) is 8.76. The van der Waals surface area contributed by atoms with E-state index in [0.29, 0.717) is 17.2 Å². The normalized spacial score (nSPS) is 9.94. The Hall–Kier alpha value is -2.01. The van der Waals surface area contributed by atoms with E-state index < -0.39 is 0 Å². The molecule has 17 heavy (non-hydrogen) atoms. The Morgan fingerprint density at radius 3 is 2.41 bits per heavy atom. The number of rotatable bonds is 3. The molecule has 0 saturated carbocycles. The first-order valence-electron chi connectivity index (χ1n) is 4.84. The molecule has 2 aromatic rings. The summed E-state index contributed by atoms with van der Waals surface area (Å²) in [6.45, 7) is 0. The van der Waals surface area contributed by atoms with Gasteiger partial charge in [0.15, 0.2) is 0 Å². The van der Waals surface area contributed by atoms with E-state index in [4.69, 9.17) is 22.7 Å². The van der Waals surface area contributed by atoms with Crippen molar-refractivity contribution in [2.45, 2.75) is 0 Å². The van der Waals surface area contributed by atoms with Gasteiger partial charge >= 0.3 is 0 Å². The van der Waals surface area contributed by atoms with Crippen molar-refractivity contribution in [3.63, 3.8) is 0 Å². The van der Waals surface area contributed by atoms with E-state index in [2.05, 4.69) is 4.98 Å². The molecule has 2 rings (SSSR count). The van der Waals surface area contributed by atoms with Crippen molar-refractivity contribution in [1.29, 1.82) is 0 Å². The van der Waals surface area contributed by atoms with Crippen molar-refractivity contribution < 1.29 is 9.13 Å². The Balaban J connectivity index is 2.13. The number of aromatic nitrogens is 1. The van der Waals surface area contributed by atoms with Gasteiger partial charge in [0.05, 0.1) is 0 Å². The largest absolute Gasteiger partial charge is 0.439 e. The SMILES string of the molecule is NC(=S)c1ccc(Oc2ccc(F)cc2)nc1. The van der Waals surface area contributed by atoms with Crippen molar-refractivity contribution in [2.24, 2.45) is 5.73 Å². The summed E-state index contributed by atoms with van der Waals surface area (Å²) >= 11 is 4.80. The first-order chi connectivity index (χ1) is 8.15. The maximum atomic E-state index is 12.7. The zero-order chi connectivity index (χ0) is 12.3. The molecule has 0 radical (unpaired) electrons. The minimum atomic E-state index is -0.311. The maximum absolute atomic E-state index is 12.7. The highest BCUT2D eigenvalue weighted by molar-refractivity contribution is 7.80. The molecule has 0 aliphatic carbocycles. The molecule has 0 atom stereocenters. The topological polar surface area (TPSA) is 48.1 Å². The summed E-state index contributed by atoms with van der Waals surface area (Å²) in [6.07, 6.45) is 1.53. The lowest BCUT2D eigenvalue weighted by Gasteiger charge is -2.04. The molecule has 1 aromatic heterocycles. The number of nitrogens with two attached hydrogens (primary N) is 1. The van der Waals surface area contributed by atoms with Crippen LogP contribution >= 0.6 is 12.2 Å². The van der Waals surface area contributed by atoms with E-state index in [1.165, 1.54) is 30.5 Å². The molecule has 0 saturated heterocycles. The number of ether oxygens (including phenoxy) is 1. The minimum Gasteiger partial charge on any atom is -0.439 e. The molecular weight excluding hydrogens is 239 g/mol. The summed E-state index contributed by atoms with van der Waals surface area (Å²) in [7, 11) is 0. The first-order valence-corrected chi connectivity index (χ1v) is 5.25. The molecular formula is C12H9FN2OS. The van der Waals surface area contributed by atoms with Crippen molar-refractivity contribution in [3.8, 4) is 11.6 Å². The van der Waals surface area contributed by atoms with Crippen LogP contribution in [0, 0.1) is 5.82 Å². The van der Waals surface area contributed by atoms with Gasteiger partial charge in [-0.15, -0.1) is 0 Å². The molecule has 0 fully saturated rings. The van der Waals surface area contributed by atoms with E-state index in [1.54, 1.807) is 12.1 Å². The lowest BCUT2D eigenvalue weighted by Crippen LogP contribution is -2.09. The lowest BCUT2D eigenvalue weighted by atomic mass is 10.3. The Kier molecular flexibility index (Phi) is 3.30. The molecule has 0 spiro atoms. The Morgan fingerprint density at radius 2 is 1.88 bits per heavy atom. The van der Waals surface area contributed by atoms with E-state index in [9.17, 15) is 4.39 Å². The van der Waals surface area contributed by atoms with Gasteiger partial charge in [-0.2, -0.15) is 0 Å². The maximum Gasteiger partial charge on any atom is 0.219 e. The van der Waals surface area contributed by atoms with Crippen LogP contribution in [0.2, 0.25) is 0 Å². The fraction of sp³-hybridized carbons (Fsp3) is 0. The monoisotopic (exact) mass is 248 g/mol. The number of halogens is 1. The summed E-state index contributed by atoms with van der Waals surface area (Å²) in [6, 6.07) is 9.06. The highest BCUT2D eigenvalue weighted by Gasteiger charge is 2.01. The summed E-state index contributed by atoms with van der Waals surface area (Å²) < 4.78 is 18.1. The highest BCUT2D eigenvalue weighted by atomic mass is 32.1. The zero-order valence-corrected chi connectivity index (χ0v) is 9.58. The van der Waals surface area contributed by atoms with Crippen LogP contribution in [0.5, 0.6) is 11.6 Å². The van der Waals surface area contributed by atoms with Gasteiger partial charge in [-0.25, -0.2) is 9.37 Å². The Bertz CT molecular complexity index is 525. The average molecular weight is 248 g/mol. The highest BCUT2D eigenvalue weighted by Crippen LogP contribution is 2.19. The van der Waals surface area contributed by atoms with Crippen LogP contribution in [0.25, 0.3) is 0 Å². The van der Waals surface area contributed by atoms with Gasteiger partial charge in [0.25, 0.3) is 0 Å². The van der Waals surface area contributed by atoms with Gasteiger partial charge in [0.1, 0.15) is 16.6 Å². The van der Waals surface area contributed by atoms with Gasteiger partial charge in [0, 0.05) is 17.8 Å². The minimum absolute atomic E-state index is 0.283. The van der Waals surface area contributed by atoms with E-state index in [1.807, 2.05) is 0 Å². The molecule has 1 aromatic carbocycles. The first kappa shape index (κ1) is 11.5. The molecule has 86 valence electrons. The summed E-state index contributed by atoms with van der Waals surface area (Å²) in [4.78, 5) is 4.32. The predicted octanol–water partition coefficient (Wildman–Crippen LogP) is 2.65. The number of pyridine rings is 1. The second-order valence-electron chi connectivity index (χ2n) is 3.31. The van der Waals surface area contributed by atoms with Crippen LogP contribution in [-0.2, 0) is 0 Å². The number of benzene rings is 1. The third-order valence-corrected chi connectivity index (χ3v) is 2.29. The van der Waals surface area contributed by atoms with Gasteiger partial charge in [-0.3, -0.25) is 0 Å². The number of hydrogen-bond acceptors (Lipinski definition) is 3. The third kappa shape index (κ3) is 2.98. The number of nitrogens with zero attached hydrogens (tertiary/aromatic N) is 1. The molecule has 2 N–H and O–H groups in total. The number of thiocarbonyl (C=S) groups is 1. The predicted molar refractivity (Wildman–Crippen MR) is 66.6 cm³/mol. The van der Waals surface area contributed by atoms with Gasteiger partial charge in [-0.1, -0.05) is 12.2 Å². The summed E-state index contributed by atoms with van der Waals surface area (Å²) in [5.74, 6) is 0.604. The average Bonchev–Trinajstić information content (AvgIpc) is 2.33. The fourth-order valence-corrected chi connectivity index (χ4v) is 1.33. The Labute approximate surface area is 103 Å². The van der Waals surface area contributed by atoms with Crippen LogP contribution in [0.1, 0.15) is 5.56 Å².